The lowest BCUT2D eigenvalue weighted by atomic mass is 10.0. The second-order valence-electron chi connectivity index (χ2n) is 5.77. The van der Waals surface area contributed by atoms with Crippen molar-refractivity contribution in [3.63, 3.8) is 0 Å². The molecule has 1 aliphatic heterocycles. The first-order chi connectivity index (χ1) is 9.43. The monoisotopic (exact) mass is 285 g/mol. The molecule has 6 nitrogen and oxygen atoms in total. The van der Waals surface area contributed by atoms with Gasteiger partial charge in [0.2, 0.25) is 11.8 Å². The van der Waals surface area contributed by atoms with E-state index in [1.165, 1.54) is 7.11 Å². The van der Waals surface area contributed by atoms with Crippen molar-refractivity contribution in [2.45, 2.75) is 45.2 Å². The van der Waals surface area contributed by atoms with E-state index >= 15 is 0 Å². The Bertz CT molecular complexity index is 326. The summed E-state index contributed by atoms with van der Waals surface area (Å²) in [6.07, 6.45) is 1.94. The van der Waals surface area contributed by atoms with Crippen molar-refractivity contribution >= 4 is 11.8 Å². The standard InChI is InChI=1S/C14H27N3O3/c1-10(2)12(15)8-13(18)16-11-4-6-17(7-5-11)14(19)9-20-3/h10-12H,4-9,15H2,1-3H3,(H,16,18). The number of piperidine rings is 1. The van der Waals surface area contributed by atoms with Gasteiger partial charge in [-0.25, -0.2) is 0 Å². The third-order valence-electron chi connectivity index (χ3n) is 3.76. The zero-order valence-corrected chi connectivity index (χ0v) is 12.7. The van der Waals surface area contributed by atoms with Gasteiger partial charge in [-0.15, -0.1) is 0 Å². The molecule has 1 aliphatic rings. The zero-order chi connectivity index (χ0) is 15.1. The lowest BCUT2D eigenvalue weighted by Crippen LogP contribution is -2.48. The van der Waals surface area contributed by atoms with Crippen molar-refractivity contribution in [3.8, 4) is 0 Å². The molecular weight excluding hydrogens is 258 g/mol. The highest BCUT2D eigenvalue weighted by molar-refractivity contribution is 5.78. The molecule has 0 bridgehead atoms. The van der Waals surface area contributed by atoms with E-state index in [4.69, 9.17) is 10.5 Å². The Morgan fingerprint density at radius 3 is 2.45 bits per heavy atom. The van der Waals surface area contributed by atoms with Crippen LogP contribution in [0, 0.1) is 5.92 Å². The van der Waals surface area contributed by atoms with Crippen molar-refractivity contribution < 1.29 is 14.3 Å². The van der Waals surface area contributed by atoms with Gasteiger partial charge in [-0.1, -0.05) is 13.8 Å². The Morgan fingerprint density at radius 1 is 1.35 bits per heavy atom. The molecule has 0 aromatic heterocycles. The molecule has 2 amide bonds. The number of amides is 2. The van der Waals surface area contributed by atoms with Gasteiger partial charge >= 0.3 is 0 Å². The first kappa shape index (κ1) is 16.9. The molecule has 0 aromatic rings. The molecule has 20 heavy (non-hydrogen) atoms. The number of nitrogens with zero attached hydrogens (tertiary/aromatic N) is 1. The third kappa shape index (κ3) is 5.46. The summed E-state index contributed by atoms with van der Waals surface area (Å²) in [7, 11) is 1.52. The second-order valence-corrected chi connectivity index (χ2v) is 5.77. The molecule has 1 heterocycles. The van der Waals surface area contributed by atoms with Gasteiger partial charge in [0.05, 0.1) is 0 Å². The van der Waals surface area contributed by atoms with E-state index in [9.17, 15) is 9.59 Å². The summed E-state index contributed by atoms with van der Waals surface area (Å²) in [5.74, 6) is 0.321. The lowest BCUT2D eigenvalue weighted by Gasteiger charge is -2.32. The first-order valence-electron chi connectivity index (χ1n) is 7.25. The molecule has 1 saturated heterocycles. The number of methoxy groups -OCH3 is 1. The van der Waals surface area contributed by atoms with E-state index in [2.05, 4.69) is 5.32 Å². The molecule has 1 unspecified atom stereocenters. The van der Waals surface area contributed by atoms with E-state index in [0.29, 0.717) is 25.4 Å². The second kappa shape index (κ2) is 8.21. The smallest absolute Gasteiger partial charge is 0.248 e. The van der Waals surface area contributed by atoms with Crippen molar-refractivity contribution in [2.24, 2.45) is 11.7 Å². The first-order valence-corrected chi connectivity index (χ1v) is 7.25. The minimum atomic E-state index is -0.0987. The minimum Gasteiger partial charge on any atom is -0.375 e. The largest absolute Gasteiger partial charge is 0.375 e. The van der Waals surface area contributed by atoms with Crippen LogP contribution in [0.4, 0.5) is 0 Å². The molecule has 6 heteroatoms. The summed E-state index contributed by atoms with van der Waals surface area (Å²) >= 11 is 0. The summed E-state index contributed by atoms with van der Waals surface area (Å²) in [5, 5.41) is 3.01. The fourth-order valence-electron chi connectivity index (χ4n) is 2.22. The molecular formula is C14H27N3O3. The topological polar surface area (TPSA) is 84.7 Å². The quantitative estimate of drug-likeness (QED) is 0.725. The average Bonchev–Trinajstić information content (AvgIpc) is 2.39. The van der Waals surface area contributed by atoms with Gasteiger partial charge in [-0.3, -0.25) is 9.59 Å². The number of likely N-dealkylation sites (tertiary alicyclic amines) is 1. The molecule has 1 atom stereocenters. The van der Waals surface area contributed by atoms with Gasteiger partial charge in [0.25, 0.3) is 0 Å². The summed E-state index contributed by atoms with van der Waals surface area (Å²) in [6, 6.07) is 0.0480. The predicted molar refractivity (Wildman–Crippen MR) is 77.1 cm³/mol. The Kier molecular flexibility index (Phi) is 6.95. The predicted octanol–water partition coefficient (Wildman–Crippen LogP) is 0.113. The van der Waals surface area contributed by atoms with Crippen molar-refractivity contribution in [3.05, 3.63) is 0 Å². The number of carbonyl (C=O) groups excluding carboxylic acids is 2. The van der Waals surface area contributed by atoms with Crippen LogP contribution in [0.3, 0.4) is 0 Å². The van der Waals surface area contributed by atoms with Gasteiger partial charge in [0.15, 0.2) is 0 Å². The van der Waals surface area contributed by atoms with Gasteiger partial charge in [0.1, 0.15) is 6.61 Å². The Hall–Kier alpha value is -1.14. The third-order valence-corrected chi connectivity index (χ3v) is 3.76. The highest BCUT2D eigenvalue weighted by Crippen LogP contribution is 2.11. The lowest BCUT2D eigenvalue weighted by molar-refractivity contribution is -0.136. The van der Waals surface area contributed by atoms with Crippen molar-refractivity contribution in [1.29, 1.82) is 0 Å². The highest BCUT2D eigenvalue weighted by Gasteiger charge is 2.24. The van der Waals surface area contributed by atoms with Gasteiger partial charge < -0.3 is 20.7 Å². The molecule has 116 valence electrons. The maximum Gasteiger partial charge on any atom is 0.248 e. The Balaban J connectivity index is 2.28. The number of ether oxygens (including phenoxy) is 1. The van der Waals surface area contributed by atoms with Crippen LogP contribution in [0.5, 0.6) is 0 Å². The number of nitrogens with two attached hydrogens (primary N) is 1. The molecule has 1 fully saturated rings. The van der Waals surface area contributed by atoms with Crippen LogP contribution in [-0.2, 0) is 14.3 Å². The SMILES string of the molecule is COCC(=O)N1CCC(NC(=O)CC(N)C(C)C)CC1. The summed E-state index contributed by atoms with van der Waals surface area (Å²) in [6.45, 7) is 5.49. The minimum absolute atomic E-state index is 0.00729. The van der Waals surface area contributed by atoms with Crippen molar-refractivity contribution in [2.75, 3.05) is 26.8 Å². The van der Waals surface area contributed by atoms with Gasteiger partial charge in [-0.05, 0) is 18.8 Å². The molecule has 0 radical (unpaired) electrons. The van der Waals surface area contributed by atoms with Gasteiger partial charge in [-0.2, -0.15) is 0 Å². The molecule has 0 saturated carbocycles. The normalized spacial score (nSPS) is 18.1. The van der Waals surface area contributed by atoms with Crippen LogP contribution in [0.25, 0.3) is 0 Å². The molecule has 0 aliphatic carbocycles. The van der Waals surface area contributed by atoms with Gasteiger partial charge in [0, 0.05) is 38.7 Å². The number of rotatable bonds is 6. The van der Waals surface area contributed by atoms with Crippen LogP contribution in [0.1, 0.15) is 33.1 Å². The zero-order valence-electron chi connectivity index (χ0n) is 12.7. The average molecular weight is 285 g/mol. The Morgan fingerprint density at radius 2 is 1.95 bits per heavy atom. The maximum atomic E-state index is 11.9. The van der Waals surface area contributed by atoms with E-state index < -0.39 is 0 Å². The van der Waals surface area contributed by atoms with E-state index in [-0.39, 0.29) is 30.5 Å². The number of carbonyl (C=O) groups is 2. The molecule has 0 spiro atoms. The fraction of sp³-hybridized carbons (Fsp3) is 0.857. The number of nitrogens with one attached hydrogen (secondary N) is 1. The van der Waals surface area contributed by atoms with E-state index in [1.807, 2.05) is 13.8 Å². The molecule has 3 N–H and O–H groups in total. The van der Waals surface area contributed by atoms with Crippen LogP contribution < -0.4 is 11.1 Å². The van der Waals surface area contributed by atoms with E-state index in [0.717, 1.165) is 12.8 Å². The Labute approximate surface area is 121 Å². The maximum absolute atomic E-state index is 11.9. The highest BCUT2D eigenvalue weighted by atomic mass is 16.5. The number of hydrogen-bond donors (Lipinski definition) is 2. The van der Waals surface area contributed by atoms with Crippen LogP contribution >= 0.6 is 0 Å². The molecule has 0 aromatic carbocycles. The summed E-state index contributed by atoms with van der Waals surface area (Å²) in [4.78, 5) is 25.3. The summed E-state index contributed by atoms with van der Waals surface area (Å²) < 4.78 is 4.84. The number of hydrogen-bond acceptors (Lipinski definition) is 4. The van der Waals surface area contributed by atoms with E-state index in [1.54, 1.807) is 4.90 Å². The van der Waals surface area contributed by atoms with Crippen LogP contribution in [0.2, 0.25) is 0 Å². The fourth-order valence-corrected chi connectivity index (χ4v) is 2.22. The molecule has 1 rings (SSSR count). The van der Waals surface area contributed by atoms with Crippen LogP contribution in [0.15, 0.2) is 0 Å². The van der Waals surface area contributed by atoms with Crippen molar-refractivity contribution in [1.82, 2.24) is 10.2 Å². The van der Waals surface area contributed by atoms with Crippen LogP contribution in [-0.4, -0.2) is 55.6 Å². The summed E-state index contributed by atoms with van der Waals surface area (Å²) in [5.41, 5.74) is 5.89.